The molecule has 176 valence electrons. The van der Waals surface area contributed by atoms with E-state index in [1.165, 1.54) is 17.9 Å². The van der Waals surface area contributed by atoms with Gasteiger partial charge in [-0.15, -0.1) is 5.10 Å². The molecule has 1 aromatic heterocycles. The third kappa shape index (κ3) is 6.45. The minimum absolute atomic E-state index is 0.0827. The van der Waals surface area contributed by atoms with Crippen molar-refractivity contribution in [2.75, 3.05) is 31.4 Å². The van der Waals surface area contributed by atoms with Gasteiger partial charge >= 0.3 is 6.18 Å². The predicted octanol–water partition coefficient (Wildman–Crippen LogP) is 4.05. The number of anilines is 1. The summed E-state index contributed by atoms with van der Waals surface area (Å²) in [6, 6.07) is 8.72. The zero-order chi connectivity index (χ0) is 24.0. The zero-order valence-corrected chi connectivity index (χ0v) is 19.0. The number of tetrazole rings is 1. The zero-order valence-electron chi connectivity index (χ0n) is 18.1. The number of hydrogen-bond acceptors (Lipinski definition) is 7. The van der Waals surface area contributed by atoms with E-state index in [0.29, 0.717) is 5.16 Å². The van der Waals surface area contributed by atoms with E-state index >= 15 is 0 Å². The van der Waals surface area contributed by atoms with Crippen LogP contribution < -0.4 is 10.1 Å². The highest BCUT2D eigenvalue weighted by Crippen LogP contribution is 2.35. The average Bonchev–Trinajstić information content (AvgIpc) is 3.23. The number of halogens is 3. The molecule has 0 saturated heterocycles. The van der Waals surface area contributed by atoms with Gasteiger partial charge < -0.3 is 14.8 Å². The van der Waals surface area contributed by atoms with Crippen molar-refractivity contribution in [3.8, 4) is 11.4 Å². The molecule has 0 unspecified atom stereocenters. The molecule has 0 aliphatic carbocycles. The van der Waals surface area contributed by atoms with Crippen molar-refractivity contribution in [1.29, 1.82) is 0 Å². The maximum absolute atomic E-state index is 13.1. The van der Waals surface area contributed by atoms with E-state index in [9.17, 15) is 18.0 Å². The molecule has 3 aromatic rings. The summed E-state index contributed by atoms with van der Waals surface area (Å²) in [6.07, 6.45) is -4.56. The fraction of sp³-hybridized carbons (Fsp3) is 0.333. The van der Waals surface area contributed by atoms with Gasteiger partial charge in [-0.05, 0) is 59.7 Å². The van der Waals surface area contributed by atoms with Crippen LogP contribution in [-0.4, -0.2) is 52.2 Å². The second-order valence-corrected chi connectivity index (χ2v) is 7.99. The number of aromatic nitrogens is 4. The minimum Gasteiger partial charge on any atom is -0.489 e. The molecule has 0 radical (unpaired) electrons. The summed E-state index contributed by atoms with van der Waals surface area (Å²) in [5, 5.41) is 14.5. The molecule has 1 amide bonds. The number of methoxy groups -OCH3 is 1. The standard InChI is InChI=1S/C21H22F3N5O3S/c1-13-4-5-14(2)17(10-13)29-20(26-27-28-29)33-12-19(30)25-16-11-15(21(22,23)24)6-7-18(16)32-9-8-31-3/h4-7,10-11H,8-9,12H2,1-3H3,(H,25,30). The lowest BCUT2D eigenvalue weighted by Gasteiger charge is -2.15. The number of carbonyl (C=O) groups is 1. The number of ether oxygens (including phenoxy) is 2. The molecule has 0 atom stereocenters. The summed E-state index contributed by atoms with van der Waals surface area (Å²) < 4.78 is 51.3. The van der Waals surface area contributed by atoms with E-state index in [4.69, 9.17) is 9.47 Å². The maximum Gasteiger partial charge on any atom is 0.416 e. The molecule has 33 heavy (non-hydrogen) atoms. The van der Waals surface area contributed by atoms with E-state index in [1.54, 1.807) is 0 Å². The third-order valence-corrected chi connectivity index (χ3v) is 5.41. The summed E-state index contributed by atoms with van der Waals surface area (Å²) in [7, 11) is 1.47. The van der Waals surface area contributed by atoms with Gasteiger partial charge in [0.05, 0.1) is 29.3 Å². The van der Waals surface area contributed by atoms with Crippen molar-refractivity contribution in [1.82, 2.24) is 20.2 Å². The first-order chi connectivity index (χ1) is 15.7. The Bertz CT molecular complexity index is 1120. The maximum atomic E-state index is 13.1. The van der Waals surface area contributed by atoms with E-state index in [2.05, 4.69) is 20.8 Å². The Hall–Kier alpha value is -3.12. The summed E-state index contributed by atoms with van der Waals surface area (Å²) in [5.41, 5.74) is 1.75. The second kappa shape index (κ2) is 10.7. The van der Waals surface area contributed by atoms with Crippen molar-refractivity contribution in [2.45, 2.75) is 25.2 Å². The monoisotopic (exact) mass is 481 g/mol. The lowest BCUT2D eigenvalue weighted by molar-refractivity contribution is -0.137. The fourth-order valence-corrected chi connectivity index (χ4v) is 3.53. The number of aryl methyl sites for hydroxylation is 2. The summed E-state index contributed by atoms with van der Waals surface area (Å²) in [5.74, 6) is -0.552. The Kier molecular flexibility index (Phi) is 7.92. The highest BCUT2D eigenvalue weighted by Gasteiger charge is 2.31. The minimum atomic E-state index is -4.56. The molecule has 0 aliphatic heterocycles. The second-order valence-electron chi connectivity index (χ2n) is 7.05. The molecule has 0 bridgehead atoms. The number of nitrogens with one attached hydrogen (secondary N) is 1. The molecular weight excluding hydrogens is 459 g/mol. The lowest BCUT2D eigenvalue weighted by atomic mass is 10.1. The van der Waals surface area contributed by atoms with Crippen LogP contribution in [-0.2, 0) is 15.7 Å². The van der Waals surface area contributed by atoms with Gasteiger partial charge in [-0.3, -0.25) is 4.79 Å². The molecule has 0 fully saturated rings. The molecule has 0 aliphatic rings. The highest BCUT2D eigenvalue weighted by molar-refractivity contribution is 7.99. The van der Waals surface area contributed by atoms with E-state index in [1.807, 2.05) is 32.0 Å². The topological polar surface area (TPSA) is 91.2 Å². The van der Waals surface area contributed by atoms with Crippen LogP contribution in [0.25, 0.3) is 5.69 Å². The smallest absolute Gasteiger partial charge is 0.416 e. The van der Waals surface area contributed by atoms with Crippen LogP contribution in [0, 0.1) is 13.8 Å². The van der Waals surface area contributed by atoms with Gasteiger partial charge in [0, 0.05) is 7.11 Å². The number of thioether (sulfide) groups is 1. The van der Waals surface area contributed by atoms with Crippen LogP contribution in [0.15, 0.2) is 41.6 Å². The molecule has 0 saturated carbocycles. The van der Waals surface area contributed by atoms with Gasteiger partial charge in [0.15, 0.2) is 0 Å². The normalized spacial score (nSPS) is 11.5. The first-order valence-electron chi connectivity index (χ1n) is 9.80. The van der Waals surface area contributed by atoms with Gasteiger partial charge in [0.25, 0.3) is 0 Å². The molecule has 1 heterocycles. The van der Waals surface area contributed by atoms with Gasteiger partial charge in [0.1, 0.15) is 12.4 Å². The number of rotatable bonds is 9. The van der Waals surface area contributed by atoms with E-state index in [0.717, 1.165) is 40.7 Å². The third-order valence-electron chi connectivity index (χ3n) is 4.49. The lowest BCUT2D eigenvalue weighted by Crippen LogP contribution is -2.17. The molecular formula is C21H22F3N5O3S. The van der Waals surface area contributed by atoms with Crippen molar-refractivity contribution in [3.05, 3.63) is 53.1 Å². The van der Waals surface area contributed by atoms with Crippen molar-refractivity contribution in [2.24, 2.45) is 0 Å². The average molecular weight is 482 g/mol. The quantitative estimate of drug-likeness (QED) is 0.364. The van der Waals surface area contributed by atoms with Gasteiger partial charge in [-0.2, -0.15) is 17.9 Å². The van der Waals surface area contributed by atoms with E-state index in [-0.39, 0.29) is 30.4 Å². The first-order valence-corrected chi connectivity index (χ1v) is 10.8. The van der Waals surface area contributed by atoms with E-state index < -0.39 is 17.6 Å². The molecule has 8 nitrogen and oxygen atoms in total. The van der Waals surface area contributed by atoms with Gasteiger partial charge in [-0.25, -0.2) is 0 Å². The molecule has 1 N–H and O–H groups in total. The number of carbonyl (C=O) groups excluding carboxylic acids is 1. The van der Waals surface area contributed by atoms with Crippen molar-refractivity contribution >= 4 is 23.4 Å². The summed E-state index contributed by atoms with van der Waals surface area (Å²) in [6.45, 7) is 4.21. The van der Waals surface area contributed by atoms with Crippen LogP contribution in [0.2, 0.25) is 0 Å². The number of hydrogen-bond donors (Lipinski definition) is 1. The van der Waals surface area contributed by atoms with Crippen LogP contribution in [0.1, 0.15) is 16.7 Å². The van der Waals surface area contributed by atoms with Crippen LogP contribution in [0.5, 0.6) is 5.75 Å². The number of nitrogens with zero attached hydrogens (tertiary/aromatic N) is 4. The van der Waals surface area contributed by atoms with Crippen molar-refractivity contribution in [3.63, 3.8) is 0 Å². The Morgan fingerprint density at radius 3 is 2.67 bits per heavy atom. The Balaban J connectivity index is 1.74. The fourth-order valence-electron chi connectivity index (χ4n) is 2.85. The van der Waals surface area contributed by atoms with Crippen LogP contribution in [0.4, 0.5) is 18.9 Å². The molecule has 3 rings (SSSR count). The summed E-state index contributed by atoms with van der Waals surface area (Å²) in [4.78, 5) is 12.5. The van der Waals surface area contributed by atoms with Crippen LogP contribution >= 0.6 is 11.8 Å². The van der Waals surface area contributed by atoms with Crippen molar-refractivity contribution < 1.29 is 27.4 Å². The summed E-state index contributed by atoms with van der Waals surface area (Å²) >= 11 is 1.06. The number of amides is 1. The SMILES string of the molecule is COCCOc1ccc(C(F)(F)F)cc1NC(=O)CSc1nnnn1-c1cc(C)ccc1C. The first kappa shape index (κ1) is 24.5. The Morgan fingerprint density at radius 2 is 1.94 bits per heavy atom. The largest absolute Gasteiger partial charge is 0.489 e. The number of alkyl halides is 3. The predicted molar refractivity (Wildman–Crippen MR) is 117 cm³/mol. The molecule has 0 spiro atoms. The Morgan fingerprint density at radius 1 is 1.15 bits per heavy atom. The van der Waals surface area contributed by atoms with Gasteiger partial charge in [-0.1, -0.05) is 23.9 Å². The Labute approximate surface area is 192 Å². The molecule has 2 aromatic carbocycles. The van der Waals surface area contributed by atoms with Crippen LogP contribution in [0.3, 0.4) is 0 Å². The molecule has 12 heteroatoms. The highest BCUT2D eigenvalue weighted by atomic mass is 32.2. The van der Waals surface area contributed by atoms with Gasteiger partial charge in [0.2, 0.25) is 11.1 Å². The number of benzene rings is 2.